The fourth-order valence-electron chi connectivity index (χ4n) is 1.60. The van der Waals surface area contributed by atoms with Crippen LogP contribution in [0.15, 0.2) is 42.5 Å². The number of carbonyl (C=O) groups is 1. The Hall–Kier alpha value is -0.580. The second kappa shape index (κ2) is 6.04. The van der Waals surface area contributed by atoms with E-state index in [1.807, 2.05) is 24.3 Å². The maximum absolute atomic E-state index is 12.1. The predicted molar refractivity (Wildman–Crippen MR) is 83.7 cm³/mol. The predicted octanol–water partition coefficient (Wildman–Crippen LogP) is 5.02. The summed E-state index contributed by atoms with van der Waals surface area (Å²) in [5, 5.41) is 1.10. The molecule has 18 heavy (non-hydrogen) atoms. The lowest BCUT2D eigenvalue weighted by atomic mass is 10.0. The first-order chi connectivity index (χ1) is 8.56. The highest BCUT2D eigenvalue weighted by molar-refractivity contribution is 14.1. The average molecular weight is 391 g/mol. The number of hydrogen-bond acceptors (Lipinski definition) is 1. The average Bonchev–Trinajstić information content (AvgIpc) is 2.32. The Morgan fingerprint density at radius 1 is 1.11 bits per heavy atom. The van der Waals surface area contributed by atoms with Crippen LogP contribution in [0.25, 0.3) is 0 Å². The molecule has 0 fully saturated rings. The first-order valence-corrected chi connectivity index (χ1v) is 7.12. The molecular formula is C14H9Cl2IO. The van der Waals surface area contributed by atoms with E-state index in [1.54, 1.807) is 18.2 Å². The molecule has 0 spiro atoms. The summed E-state index contributed by atoms with van der Waals surface area (Å²) in [5.74, 6) is 0.0535. The lowest BCUT2D eigenvalue weighted by Gasteiger charge is -2.05. The van der Waals surface area contributed by atoms with Gasteiger partial charge in [0.25, 0.3) is 0 Å². The van der Waals surface area contributed by atoms with Crippen LogP contribution < -0.4 is 0 Å². The van der Waals surface area contributed by atoms with E-state index in [0.29, 0.717) is 15.6 Å². The fourth-order valence-corrected chi connectivity index (χ4v) is 2.62. The standard InChI is InChI=1S/C14H9Cl2IO/c15-11-5-4-9(13(16)8-11)7-14(18)10-2-1-3-12(17)6-10/h1-6,8H,7H2. The third-order valence-electron chi connectivity index (χ3n) is 2.51. The molecule has 2 aromatic carbocycles. The third-order valence-corrected chi connectivity index (χ3v) is 3.77. The topological polar surface area (TPSA) is 17.1 Å². The van der Waals surface area contributed by atoms with Crippen LogP contribution in [-0.4, -0.2) is 5.78 Å². The van der Waals surface area contributed by atoms with Crippen LogP contribution in [0, 0.1) is 3.57 Å². The Morgan fingerprint density at radius 3 is 2.56 bits per heavy atom. The van der Waals surface area contributed by atoms with Gasteiger partial charge in [-0.2, -0.15) is 0 Å². The van der Waals surface area contributed by atoms with Gasteiger partial charge in [0.15, 0.2) is 5.78 Å². The first kappa shape index (κ1) is 13.8. The summed E-state index contributed by atoms with van der Waals surface area (Å²) in [6.07, 6.45) is 0.288. The first-order valence-electron chi connectivity index (χ1n) is 5.29. The maximum atomic E-state index is 12.1. The van der Waals surface area contributed by atoms with Gasteiger partial charge in [-0.05, 0) is 52.4 Å². The number of benzene rings is 2. The molecular weight excluding hydrogens is 382 g/mol. The van der Waals surface area contributed by atoms with Crippen LogP contribution in [-0.2, 0) is 6.42 Å². The van der Waals surface area contributed by atoms with Crippen molar-refractivity contribution < 1.29 is 4.79 Å². The number of hydrogen-bond donors (Lipinski definition) is 0. The van der Waals surface area contributed by atoms with Crippen LogP contribution in [0.1, 0.15) is 15.9 Å². The Balaban J connectivity index is 2.21. The van der Waals surface area contributed by atoms with E-state index in [4.69, 9.17) is 23.2 Å². The zero-order valence-electron chi connectivity index (χ0n) is 9.29. The zero-order valence-corrected chi connectivity index (χ0v) is 13.0. The molecule has 0 heterocycles. The monoisotopic (exact) mass is 390 g/mol. The molecule has 2 rings (SSSR count). The van der Waals surface area contributed by atoms with E-state index < -0.39 is 0 Å². The van der Waals surface area contributed by atoms with Gasteiger partial charge >= 0.3 is 0 Å². The van der Waals surface area contributed by atoms with Crippen molar-refractivity contribution >= 4 is 51.6 Å². The highest BCUT2D eigenvalue weighted by Gasteiger charge is 2.10. The van der Waals surface area contributed by atoms with Crippen LogP contribution in [0.2, 0.25) is 10.0 Å². The van der Waals surface area contributed by atoms with E-state index in [9.17, 15) is 4.79 Å². The van der Waals surface area contributed by atoms with Crippen molar-refractivity contribution in [3.63, 3.8) is 0 Å². The molecule has 0 N–H and O–H groups in total. The Morgan fingerprint density at radius 2 is 1.89 bits per heavy atom. The number of Topliss-reactive ketones (excluding diaryl/α,β-unsaturated/α-hetero) is 1. The van der Waals surface area contributed by atoms with Crippen LogP contribution >= 0.6 is 45.8 Å². The van der Waals surface area contributed by atoms with Crippen LogP contribution in [0.3, 0.4) is 0 Å². The minimum absolute atomic E-state index is 0.0535. The van der Waals surface area contributed by atoms with E-state index in [2.05, 4.69) is 22.6 Å². The molecule has 4 heteroatoms. The summed E-state index contributed by atoms with van der Waals surface area (Å²) < 4.78 is 1.04. The number of rotatable bonds is 3. The van der Waals surface area contributed by atoms with E-state index >= 15 is 0 Å². The van der Waals surface area contributed by atoms with Gasteiger partial charge in [-0.3, -0.25) is 4.79 Å². The van der Waals surface area contributed by atoms with Crippen molar-refractivity contribution in [2.24, 2.45) is 0 Å². The lowest BCUT2D eigenvalue weighted by Crippen LogP contribution is -2.04. The molecule has 0 saturated heterocycles. The van der Waals surface area contributed by atoms with E-state index in [1.165, 1.54) is 0 Å². The molecule has 0 saturated carbocycles. The molecule has 1 nitrogen and oxygen atoms in total. The summed E-state index contributed by atoms with van der Waals surface area (Å²) in [6, 6.07) is 12.7. The molecule has 0 atom stereocenters. The van der Waals surface area contributed by atoms with Crippen molar-refractivity contribution in [3.05, 3.63) is 67.2 Å². The molecule has 0 radical (unpaired) electrons. The molecule has 0 unspecified atom stereocenters. The van der Waals surface area contributed by atoms with Crippen LogP contribution in [0.4, 0.5) is 0 Å². The van der Waals surface area contributed by atoms with Gasteiger partial charge in [0.2, 0.25) is 0 Å². The molecule has 0 bridgehead atoms. The fraction of sp³-hybridized carbons (Fsp3) is 0.0714. The minimum Gasteiger partial charge on any atom is -0.294 e. The van der Waals surface area contributed by atoms with Crippen molar-refractivity contribution in [1.29, 1.82) is 0 Å². The van der Waals surface area contributed by atoms with Gasteiger partial charge in [0.05, 0.1) is 0 Å². The van der Waals surface area contributed by atoms with Gasteiger partial charge in [-0.15, -0.1) is 0 Å². The van der Waals surface area contributed by atoms with Gasteiger partial charge in [0.1, 0.15) is 0 Å². The highest BCUT2D eigenvalue weighted by atomic mass is 127. The molecule has 0 aliphatic rings. The molecule has 0 aliphatic heterocycles. The van der Waals surface area contributed by atoms with E-state index in [0.717, 1.165) is 9.13 Å². The number of ketones is 1. The Kier molecular flexibility index (Phi) is 4.65. The summed E-state index contributed by atoms with van der Waals surface area (Å²) in [4.78, 5) is 12.1. The minimum atomic E-state index is 0.0535. The van der Waals surface area contributed by atoms with Crippen molar-refractivity contribution in [3.8, 4) is 0 Å². The van der Waals surface area contributed by atoms with Crippen molar-refractivity contribution in [2.45, 2.75) is 6.42 Å². The van der Waals surface area contributed by atoms with Gasteiger partial charge in [0, 0.05) is 25.6 Å². The van der Waals surface area contributed by atoms with E-state index in [-0.39, 0.29) is 12.2 Å². The molecule has 0 amide bonds. The second-order valence-corrected chi connectivity index (χ2v) is 5.94. The summed E-state index contributed by atoms with van der Waals surface area (Å²) in [5.41, 5.74) is 1.50. The molecule has 2 aromatic rings. The summed E-state index contributed by atoms with van der Waals surface area (Å²) in [6.45, 7) is 0. The second-order valence-electron chi connectivity index (χ2n) is 3.85. The van der Waals surface area contributed by atoms with Gasteiger partial charge in [-0.1, -0.05) is 41.4 Å². The maximum Gasteiger partial charge on any atom is 0.167 e. The summed E-state index contributed by atoms with van der Waals surface area (Å²) >= 11 is 14.1. The SMILES string of the molecule is O=C(Cc1ccc(Cl)cc1Cl)c1cccc(I)c1. The molecule has 0 aliphatic carbocycles. The third kappa shape index (κ3) is 3.46. The Bertz CT molecular complexity index is 596. The Labute approximate surface area is 129 Å². The summed E-state index contributed by atoms with van der Waals surface area (Å²) in [7, 11) is 0. The lowest BCUT2D eigenvalue weighted by molar-refractivity contribution is 0.0993. The largest absolute Gasteiger partial charge is 0.294 e. The number of carbonyl (C=O) groups excluding carboxylic acids is 1. The van der Waals surface area contributed by atoms with Gasteiger partial charge < -0.3 is 0 Å². The van der Waals surface area contributed by atoms with Crippen molar-refractivity contribution in [1.82, 2.24) is 0 Å². The van der Waals surface area contributed by atoms with Crippen LogP contribution in [0.5, 0.6) is 0 Å². The molecule has 92 valence electrons. The zero-order chi connectivity index (χ0) is 13.1. The number of halogens is 3. The quantitative estimate of drug-likeness (QED) is 0.531. The smallest absolute Gasteiger partial charge is 0.167 e. The normalized spacial score (nSPS) is 10.4. The van der Waals surface area contributed by atoms with Gasteiger partial charge in [-0.25, -0.2) is 0 Å². The highest BCUT2D eigenvalue weighted by Crippen LogP contribution is 2.22. The van der Waals surface area contributed by atoms with Crippen molar-refractivity contribution in [2.75, 3.05) is 0 Å². The molecule has 0 aromatic heterocycles.